The Morgan fingerprint density at radius 2 is 1.96 bits per heavy atom. The van der Waals surface area contributed by atoms with Crippen LogP contribution in [-0.4, -0.2) is 40.2 Å². The average Bonchev–Trinajstić information content (AvgIpc) is 2.57. The molecule has 27 heavy (non-hydrogen) atoms. The van der Waals surface area contributed by atoms with E-state index >= 15 is 0 Å². The average molecular weight is 382 g/mol. The molecule has 1 aromatic rings. The number of carbonyl (C=O) groups is 1. The maximum absolute atomic E-state index is 13.6. The van der Waals surface area contributed by atoms with Crippen molar-refractivity contribution in [3.8, 4) is 5.75 Å². The number of halogens is 1. The van der Waals surface area contributed by atoms with E-state index in [1.54, 1.807) is 26.8 Å². The van der Waals surface area contributed by atoms with Gasteiger partial charge in [0.25, 0.3) is 0 Å². The van der Waals surface area contributed by atoms with Crippen molar-refractivity contribution in [1.82, 2.24) is 10.6 Å². The number of nitrogens with one attached hydrogen (secondary N) is 2. The molecule has 0 heterocycles. The summed E-state index contributed by atoms with van der Waals surface area (Å²) in [5.41, 5.74) is -0.0638. The van der Waals surface area contributed by atoms with Gasteiger partial charge in [-0.05, 0) is 57.7 Å². The monoisotopic (exact) mass is 382 g/mol. The highest BCUT2D eigenvalue weighted by atomic mass is 19.1. The van der Waals surface area contributed by atoms with Gasteiger partial charge in [0.2, 0.25) is 12.3 Å². The number of phenols is 1. The molecule has 2 rings (SSSR count). The molecule has 0 radical (unpaired) electrons. The number of rotatable bonds is 7. The molecule has 0 aliphatic heterocycles. The van der Waals surface area contributed by atoms with Crippen LogP contribution in [0.15, 0.2) is 18.2 Å². The molecule has 1 amide bonds. The van der Waals surface area contributed by atoms with Crippen LogP contribution in [0.25, 0.3) is 0 Å². The summed E-state index contributed by atoms with van der Waals surface area (Å²) >= 11 is 0. The van der Waals surface area contributed by atoms with Gasteiger partial charge in [0.05, 0.1) is 11.6 Å². The van der Waals surface area contributed by atoms with Gasteiger partial charge in [-0.15, -0.1) is 0 Å². The number of aromatic hydroxyl groups is 1. The lowest BCUT2D eigenvalue weighted by Gasteiger charge is -2.29. The zero-order valence-electron chi connectivity index (χ0n) is 16.3. The molecule has 7 heteroatoms. The summed E-state index contributed by atoms with van der Waals surface area (Å²) in [5.74, 6) is -1.44. The smallest absolute Gasteiger partial charge is 0.237 e. The number of aliphatic hydroxyl groups is 1. The SMILES string of the molecule is CC(C)(C)OC(O)N[C@H](Cc1ccc(O)c(F)c1)C(=O)NC1CCCCC1. The molecule has 0 bridgehead atoms. The first-order chi connectivity index (χ1) is 12.6. The summed E-state index contributed by atoms with van der Waals surface area (Å²) in [6, 6.07) is 3.32. The van der Waals surface area contributed by atoms with E-state index in [-0.39, 0.29) is 18.4 Å². The maximum atomic E-state index is 13.6. The van der Waals surface area contributed by atoms with Crippen molar-refractivity contribution in [2.75, 3.05) is 0 Å². The minimum Gasteiger partial charge on any atom is -0.505 e. The lowest BCUT2D eigenvalue weighted by Crippen LogP contribution is -2.53. The van der Waals surface area contributed by atoms with Gasteiger partial charge in [-0.1, -0.05) is 25.3 Å². The molecular formula is C20H31FN2O4. The van der Waals surface area contributed by atoms with Crippen molar-refractivity contribution >= 4 is 5.91 Å². The highest BCUT2D eigenvalue weighted by Gasteiger charge is 2.27. The third kappa shape index (κ3) is 7.44. The molecule has 4 N–H and O–H groups in total. The van der Waals surface area contributed by atoms with Crippen LogP contribution in [0.3, 0.4) is 0 Å². The third-order valence-corrected chi connectivity index (χ3v) is 4.53. The standard InChI is InChI=1S/C20H31FN2O4/c1-20(2,3)27-19(26)23-16(12-13-9-10-17(24)15(21)11-13)18(25)22-14-7-5-4-6-8-14/h9-11,14,16,19,23-24,26H,4-8,12H2,1-3H3,(H,22,25)/t16-,19?/m1/s1. The number of phenolic OH excluding ortho intramolecular Hbond substituents is 1. The van der Waals surface area contributed by atoms with E-state index in [0.29, 0.717) is 5.56 Å². The topological polar surface area (TPSA) is 90.8 Å². The Balaban J connectivity index is 2.08. The zero-order chi connectivity index (χ0) is 20.0. The summed E-state index contributed by atoms with van der Waals surface area (Å²) in [6.45, 7) is 5.39. The van der Waals surface area contributed by atoms with Crippen LogP contribution in [0.4, 0.5) is 4.39 Å². The Hall–Kier alpha value is -1.70. The summed E-state index contributed by atoms with van der Waals surface area (Å²) in [6.07, 6.45) is 4.04. The zero-order valence-corrected chi connectivity index (χ0v) is 16.3. The van der Waals surface area contributed by atoms with Gasteiger partial charge in [-0.2, -0.15) is 0 Å². The Kier molecular flexibility index (Phi) is 7.59. The molecular weight excluding hydrogens is 351 g/mol. The number of benzene rings is 1. The first kappa shape index (κ1) is 21.6. The van der Waals surface area contributed by atoms with Crippen molar-refractivity contribution in [1.29, 1.82) is 0 Å². The second kappa shape index (κ2) is 9.48. The van der Waals surface area contributed by atoms with Crippen LogP contribution in [-0.2, 0) is 16.0 Å². The summed E-state index contributed by atoms with van der Waals surface area (Å²) in [7, 11) is 0. The lowest BCUT2D eigenvalue weighted by atomic mass is 9.95. The van der Waals surface area contributed by atoms with Gasteiger partial charge >= 0.3 is 0 Å². The summed E-state index contributed by atoms with van der Waals surface area (Å²) in [5, 5.41) is 25.3. The van der Waals surface area contributed by atoms with Gasteiger partial charge < -0.3 is 20.3 Å². The van der Waals surface area contributed by atoms with E-state index in [0.717, 1.165) is 25.7 Å². The highest BCUT2D eigenvalue weighted by Crippen LogP contribution is 2.19. The second-order valence-electron chi connectivity index (χ2n) is 8.14. The third-order valence-electron chi connectivity index (χ3n) is 4.53. The van der Waals surface area contributed by atoms with Crippen LogP contribution in [0.2, 0.25) is 0 Å². The normalized spacial score (nSPS) is 18.1. The Bertz CT molecular complexity index is 627. The van der Waals surface area contributed by atoms with E-state index < -0.39 is 29.6 Å². The molecule has 2 atom stereocenters. The minimum atomic E-state index is -1.34. The quantitative estimate of drug-likeness (QED) is 0.544. The second-order valence-corrected chi connectivity index (χ2v) is 8.14. The number of aliphatic hydroxyl groups excluding tert-OH is 1. The number of ether oxygens (including phenoxy) is 1. The fourth-order valence-electron chi connectivity index (χ4n) is 3.23. The van der Waals surface area contributed by atoms with Crippen LogP contribution < -0.4 is 10.6 Å². The molecule has 152 valence electrons. The molecule has 0 saturated heterocycles. The molecule has 1 saturated carbocycles. The van der Waals surface area contributed by atoms with E-state index in [1.807, 2.05) is 0 Å². The van der Waals surface area contributed by atoms with E-state index in [2.05, 4.69) is 10.6 Å². The Morgan fingerprint density at radius 3 is 2.56 bits per heavy atom. The molecule has 1 fully saturated rings. The Labute approximate surface area is 160 Å². The molecule has 6 nitrogen and oxygen atoms in total. The molecule has 1 aliphatic carbocycles. The number of hydrogen-bond acceptors (Lipinski definition) is 5. The van der Waals surface area contributed by atoms with Crippen molar-refractivity contribution in [2.24, 2.45) is 0 Å². The fourth-order valence-corrected chi connectivity index (χ4v) is 3.23. The van der Waals surface area contributed by atoms with Crippen molar-refractivity contribution < 1.29 is 24.1 Å². The summed E-state index contributed by atoms with van der Waals surface area (Å²) < 4.78 is 19.1. The maximum Gasteiger partial charge on any atom is 0.237 e. The van der Waals surface area contributed by atoms with Crippen molar-refractivity contribution in [3.63, 3.8) is 0 Å². The van der Waals surface area contributed by atoms with Gasteiger partial charge in [0.15, 0.2) is 11.6 Å². The predicted octanol–water partition coefficient (Wildman–Crippen LogP) is 2.57. The van der Waals surface area contributed by atoms with Crippen LogP contribution in [0.1, 0.15) is 58.4 Å². The van der Waals surface area contributed by atoms with E-state index in [1.165, 1.54) is 18.6 Å². The summed E-state index contributed by atoms with van der Waals surface area (Å²) in [4.78, 5) is 12.8. The number of amides is 1. The largest absolute Gasteiger partial charge is 0.505 e. The number of hydrogen-bond donors (Lipinski definition) is 4. The molecule has 1 unspecified atom stereocenters. The minimum absolute atomic E-state index is 0.118. The Morgan fingerprint density at radius 1 is 1.30 bits per heavy atom. The molecule has 0 aromatic heterocycles. The van der Waals surface area contributed by atoms with Gasteiger partial charge in [-0.3, -0.25) is 10.1 Å². The van der Waals surface area contributed by atoms with Crippen molar-refractivity contribution in [3.05, 3.63) is 29.6 Å². The first-order valence-electron chi connectivity index (χ1n) is 9.54. The first-order valence-corrected chi connectivity index (χ1v) is 9.54. The number of carbonyl (C=O) groups excluding carboxylic acids is 1. The molecule has 1 aromatic carbocycles. The fraction of sp³-hybridized carbons (Fsp3) is 0.650. The predicted molar refractivity (Wildman–Crippen MR) is 101 cm³/mol. The van der Waals surface area contributed by atoms with E-state index in [4.69, 9.17) is 4.74 Å². The molecule has 0 spiro atoms. The van der Waals surface area contributed by atoms with Crippen molar-refractivity contribution in [2.45, 2.75) is 83.4 Å². The highest BCUT2D eigenvalue weighted by molar-refractivity contribution is 5.82. The van der Waals surface area contributed by atoms with Crippen LogP contribution in [0.5, 0.6) is 5.75 Å². The van der Waals surface area contributed by atoms with E-state index in [9.17, 15) is 19.4 Å². The van der Waals surface area contributed by atoms with Gasteiger partial charge in [-0.25, -0.2) is 4.39 Å². The van der Waals surface area contributed by atoms with Gasteiger partial charge in [0, 0.05) is 6.04 Å². The van der Waals surface area contributed by atoms with Crippen LogP contribution in [0, 0.1) is 5.82 Å². The van der Waals surface area contributed by atoms with Crippen LogP contribution >= 0.6 is 0 Å². The van der Waals surface area contributed by atoms with Gasteiger partial charge in [0.1, 0.15) is 0 Å². The lowest BCUT2D eigenvalue weighted by molar-refractivity contribution is -0.187. The molecule has 1 aliphatic rings.